The second kappa shape index (κ2) is 9.65. The lowest BCUT2D eigenvalue weighted by atomic mass is 10.2. The lowest BCUT2D eigenvalue weighted by Crippen LogP contribution is -2.54. The molecule has 0 saturated carbocycles. The van der Waals surface area contributed by atoms with Gasteiger partial charge >= 0.3 is 6.03 Å². The number of rotatable bonds is 5. The molecule has 1 aliphatic rings. The van der Waals surface area contributed by atoms with Crippen molar-refractivity contribution in [3.63, 3.8) is 0 Å². The fourth-order valence-electron chi connectivity index (χ4n) is 3.11. The van der Waals surface area contributed by atoms with Gasteiger partial charge in [-0.2, -0.15) is 0 Å². The first-order valence-electron chi connectivity index (χ1n) is 9.47. The number of benzene rings is 2. The summed E-state index contributed by atoms with van der Waals surface area (Å²) in [6.45, 7) is 4.04. The van der Waals surface area contributed by atoms with Gasteiger partial charge in [0.15, 0.2) is 0 Å². The highest BCUT2D eigenvalue weighted by Gasteiger charge is 2.24. The fraction of sp³-hybridized carbons (Fsp3) is 0.333. The van der Waals surface area contributed by atoms with Crippen molar-refractivity contribution in [3.8, 4) is 0 Å². The number of carbonyl (C=O) groups is 2. The molecule has 1 unspecified atom stereocenters. The molecule has 1 heterocycles. The average molecular weight is 417 g/mol. The maximum atomic E-state index is 13.1. The van der Waals surface area contributed by atoms with Crippen LogP contribution in [0.1, 0.15) is 6.92 Å². The van der Waals surface area contributed by atoms with Crippen molar-refractivity contribution in [2.75, 3.05) is 42.7 Å². The molecule has 0 aliphatic carbocycles. The topological polar surface area (TPSA) is 64.7 Å². The SMILES string of the molecule is CSc1cccc(NC(=O)C(C)NC(=O)N2CCN(c3ccc(F)cc3)CC2)c1. The Morgan fingerprint density at radius 3 is 2.41 bits per heavy atom. The summed E-state index contributed by atoms with van der Waals surface area (Å²) in [7, 11) is 0. The molecule has 0 bridgehead atoms. The Kier molecular flexibility index (Phi) is 6.98. The third-order valence-electron chi connectivity index (χ3n) is 4.83. The molecular weight excluding hydrogens is 391 g/mol. The molecule has 1 saturated heterocycles. The van der Waals surface area contributed by atoms with E-state index in [4.69, 9.17) is 0 Å². The Balaban J connectivity index is 1.48. The van der Waals surface area contributed by atoms with Crippen molar-refractivity contribution in [1.82, 2.24) is 10.2 Å². The summed E-state index contributed by atoms with van der Waals surface area (Å²) in [4.78, 5) is 29.8. The van der Waals surface area contributed by atoms with Gasteiger partial charge in [0.25, 0.3) is 0 Å². The van der Waals surface area contributed by atoms with E-state index in [2.05, 4.69) is 15.5 Å². The van der Waals surface area contributed by atoms with E-state index in [1.807, 2.05) is 30.5 Å². The summed E-state index contributed by atoms with van der Waals surface area (Å²) in [6.07, 6.45) is 1.97. The number of nitrogens with zero attached hydrogens (tertiary/aromatic N) is 2. The molecule has 0 spiro atoms. The molecule has 1 fully saturated rings. The summed E-state index contributed by atoms with van der Waals surface area (Å²) in [5.41, 5.74) is 1.64. The minimum atomic E-state index is -0.657. The lowest BCUT2D eigenvalue weighted by Gasteiger charge is -2.36. The molecule has 2 N–H and O–H groups in total. The van der Waals surface area contributed by atoms with Gasteiger partial charge in [0, 0.05) is 42.4 Å². The second-order valence-corrected chi connectivity index (χ2v) is 7.72. The summed E-state index contributed by atoms with van der Waals surface area (Å²) >= 11 is 1.60. The van der Waals surface area contributed by atoms with Crippen molar-refractivity contribution in [2.24, 2.45) is 0 Å². The number of halogens is 1. The lowest BCUT2D eigenvalue weighted by molar-refractivity contribution is -0.117. The quantitative estimate of drug-likeness (QED) is 0.734. The minimum Gasteiger partial charge on any atom is -0.368 e. The third kappa shape index (κ3) is 5.63. The van der Waals surface area contributed by atoms with Crippen LogP contribution in [0.3, 0.4) is 0 Å². The van der Waals surface area contributed by atoms with E-state index in [1.165, 1.54) is 12.1 Å². The zero-order valence-electron chi connectivity index (χ0n) is 16.5. The third-order valence-corrected chi connectivity index (χ3v) is 5.55. The molecule has 2 aromatic carbocycles. The number of urea groups is 1. The van der Waals surface area contributed by atoms with Gasteiger partial charge in [0.2, 0.25) is 5.91 Å². The fourth-order valence-corrected chi connectivity index (χ4v) is 3.57. The van der Waals surface area contributed by atoms with E-state index in [0.717, 1.165) is 10.6 Å². The molecule has 3 amide bonds. The van der Waals surface area contributed by atoms with E-state index in [1.54, 1.807) is 35.7 Å². The first-order chi connectivity index (χ1) is 14.0. The molecule has 8 heteroatoms. The molecular formula is C21H25FN4O2S. The molecule has 29 heavy (non-hydrogen) atoms. The van der Waals surface area contributed by atoms with E-state index < -0.39 is 6.04 Å². The van der Waals surface area contributed by atoms with Crippen LogP contribution in [-0.2, 0) is 4.79 Å². The highest BCUT2D eigenvalue weighted by molar-refractivity contribution is 7.98. The highest BCUT2D eigenvalue weighted by atomic mass is 32.2. The summed E-state index contributed by atoms with van der Waals surface area (Å²) in [6, 6.07) is 13.0. The predicted octanol–water partition coefficient (Wildman–Crippen LogP) is 3.41. The monoisotopic (exact) mass is 416 g/mol. The Morgan fingerprint density at radius 2 is 1.76 bits per heavy atom. The Hall–Kier alpha value is -2.74. The average Bonchev–Trinajstić information content (AvgIpc) is 2.74. The van der Waals surface area contributed by atoms with Crippen LogP contribution in [0.4, 0.5) is 20.6 Å². The van der Waals surface area contributed by atoms with Crippen molar-refractivity contribution >= 4 is 35.1 Å². The number of nitrogens with one attached hydrogen (secondary N) is 2. The summed E-state index contributed by atoms with van der Waals surface area (Å²) in [5, 5.41) is 5.60. The van der Waals surface area contributed by atoms with Crippen molar-refractivity contribution in [1.29, 1.82) is 0 Å². The second-order valence-electron chi connectivity index (χ2n) is 6.84. The number of thioether (sulfide) groups is 1. The van der Waals surface area contributed by atoms with Gasteiger partial charge in [-0.3, -0.25) is 4.79 Å². The molecule has 0 aromatic heterocycles. The number of hydrogen-bond donors (Lipinski definition) is 2. The zero-order chi connectivity index (χ0) is 20.8. The van der Waals surface area contributed by atoms with E-state index in [9.17, 15) is 14.0 Å². The predicted molar refractivity (Wildman–Crippen MR) is 115 cm³/mol. The van der Waals surface area contributed by atoms with Crippen LogP contribution in [0, 0.1) is 5.82 Å². The van der Waals surface area contributed by atoms with Gasteiger partial charge in [-0.05, 0) is 55.6 Å². The van der Waals surface area contributed by atoms with Gasteiger partial charge < -0.3 is 20.4 Å². The van der Waals surface area contributed by atoms with Crippen LogP contribution in [0.5, 0.6) is 0 Å². The van der Waals surface area contributed by atoms with E-state index in [-0.39, 0.29) is 17.8 Å². The van der Waals surface area contributed by atoms with Gasteiger partial charge in [-0.25, -0.2) is 9.18 Å². The Labute approximate surface area is 174 Å². The van der Waals surface area contributed by atoms with Crippen molar-refractivity contribution in [3.05, 3.63) is 54.3 Å². The molecule has 1 atom stereocenters. The van der Waals surface area contributed by atoms with Crippen LogP contribution >= 0.6 is 11.8 Å². The summed E-state index contributed by atoms with van der Waals surface area (Å²) < 4.78 is 13.1. The number of anilines is 2. The Bertz CT molecular complexity index is 854. The van der Waals surface area contributed by atoms with Gasteiger partial charge in [0.1, 0.15) is 11.9 Å². The van der Waals surface area contributed by atoms with Crippen molar-refractivity contribution < 1.29 is 14.0 Å². The van der Waals surface area contributed by atoms with Crippen molar-refractivity contribution in [2.45, 2.75) is 17.9 Å². The summed E-state index contributed by atoms with van der Waals surface area (Å²) in [5.74, 6) is -0.527. The van der Waals surface area contributed by atoms with E-state index in [0.29, 0.717) is 31.9 Å². The highest BCUT2D eigenvalue weighted by Crippen LogP contribution is 2.19. The normalized spacial score (nSPS) is 15.0. The molecule has 2 aromatic rings. The van der Waals surface area contributed by atoms with Crippen LogP contribution in [-0.4, -0.2) is 55.3 Å². The maximum absolute atomic E-state index is 13.1. The maximum Gasteiger partial charge on any atom is 0.318 e. The van der Waals surface area contributed by atoms with Gasteiger partial charge in [-0.15, -0.1) is 11.8 Å². The Morgan fingerprint density at radius 1 is 1.07 bits per heavy atom. The largest absolute Gasteiger partial charge is 0.368 e. The molecule has 3 rings (SSSR count). The van der Waals surface area contributed by atoms with Crippen LogP contribution in [0.25, 0.3) is 0 Å². The minimum absolute atomic E-state index is 0.260. The van der Waals surface area contributed by atoms with E-state index >= 15 is 0 Å². The first-order valence-corrected chi connectivity index (χ1v) is 10.7. The standard InChI is InChI=1S/C21H25FN4O2S/c1-15(20(27)24-17-4-3-5-19(14-17)29-2)23-21(28)26-12-10-25(11-13-26)18-8-6-16(22)7-9-18/h3-9,14-15H,10-13H2,1-2H3,(H,23,28)(H,24,27). The zero-order valence-corrected chi connectivity index (χ0v) is 17.3. The van der Waals surface area contributed by atoms with Gasteiger partial charge in [-0.1, -0.05) is 6.07 Å². The van der Waals surface area contributed by atoms with Crippen LogP contribution in [0.2, 0.25) is 0 Å². The smallest absolute Gasteiger partial charge is 0.318 e. The molecule has 1 aliphatic heterocycles. The van der Waals surface area contributed by atoms with Crippen LogP contribution in [0.15, 0.2) is 53.4 Å². The number of piperazine rings is 1. The number of carbonyl (C=O) groups excluding carboxylic acids is 2. The first kappa shape index (κ1) is 21.0. The molecule has 6 nitrogen and oxygen atoms in total. The number of amides is 3. The van der Waals surface area contributed by atoms with Crippen LogP contribution < -0.4 is 15.5 Å². The molecule has 154 valence electrons. The molecule has 0 radical (unpaired) electrons. The number of hydrogen-bond acceptors (Lipinski definition) is 4. The van der Waals surface area contributed by atoms with Gasteiger partial charge in [0.05, 0.1) is 0 Å².